The summed E-state index contributed by atoms with van der Waals surface area (Å²) in [6.07, 6.45) is 2.32. The lowest BCUT2D eigenvalue weighted by Crippen LogP contribution is -2.50. The van der Waals surface area contributed by atoms with Crippen molar-refractivity contribution in [2.75, 3.05) is 5.88 Å². The largest absolute Gasteiger partial charge is 0.462 e. The van der Waals surface area contributed by atoms with Crippen LogP contribution in [0.3, 0.4) is 0 Å². The van der Waals surface area contributed by atoms with Crippen molar-refractivity contribution < 1.29 is 18.6 Å². The Labute approximate surface area is 188 Å². The van der Waals surface area contributed by atoms with Crippen molar-refractivity contribution >= 4 is 25.8 Å². The summed E-state index contributed by atoms with van der Waals surface area (Å²) in [5.41, 5.74) is -0.556. The molecule has 4 nitrogen and oxygen atoms in total. The Morgan fingerprint density at radius 3 is 1.50 bits per heavy atom. The Morgan fingerprint density at radius 2 is 1.13 bits per heavy atom. The molecule has 0 aromatic heterocycles. The van der Waals surface area contributed by atoms with Gasteiger partial charge in [-0.3, -0.25) is 0 Å². The van der Waals surface area contributed by atoms with Gasteiger partial charge in [0, 0.05) is 11.1 Å². The Kier molecular flexibility index (Phi) is 6.53. The van der Waals surface area contributed by atoms with Crippen molar-refractivity contribution in [2.24, 2.45) is 0 Å². The van der Waals surface area contributed by atoms with E-state index < -0.39 is 41.9 Å². The summed E-state index contributed by atoms with van der Waals surface area (Å²) in [7, 11) is -0.943. The van der Waals surface area contributed by atoms with Crippen molar-refractivity contribution in [3.63, 3.8) is 0 Å². The average molecular weight is 435 g/mol. The standard InChI is InChI=1S/C23H37B2ClO4/c1-19(2)20(3,4)28-24(27-19)23(15-12-16-26,17-18-13-10-9-11-14-18)25-29-21(5,6)22(7,8)30-25/h9-11,13-14H,12,15-17H2,1-8H3. The molecule has 1 aromatic rings. The second-order valence-corrected chi connectivity index (χ2v) is 11.2. The molecular formula is C23H37B2ClO4. The maximum absolute atomic E-state index is 6.62. The molecule has 0 spiro atoms. The van der Waals surface area contributed by atoms with Crippen molar-refractivity contribution in [1.29, 1.82) is 0 Å². The predicted octanol–water partition coefficient (Wildman–Crippen LogP) is 5.71. The zero-order valence-corrected chi connectivity index (χ0v) is 20.6. The average Bonchev–Trinajstić information content (AvgIpc) is 2.99. The van der Waals surface area contributed by atoms with Crippen LogP contribution < -0.4 is 0 Å². The zero-order valence-electron chi connectivity index (χ0n) is 19.9. The minimum Gasteiger partial charge on any atom is -0.403 e. The molecule has 2 saturated heterocycles. The fraction of sp³-hybridized carbons (Fsp3) is 0.739. The van der Waals surface area contributed by atoms with Crippen LogP contribution in [-0.4, -0.2) is 42.5 Å². The first-order valence-electron chi connectivity index (χ1n) is 11.1. The van der Waals surface area contributed by atoms with Crippen LogP contribution in [-0.2, 0) is 25.0 Å². The highest BCUT2D eigenvalue weighted by atomic mass is 35.5. The van der Waals surface area contributed by atoms with E-state index in [0.29, 0.717) is 5.88 Å². The summed E-state index contributed by atoms with van der Waals surface area (Å²) in [6, 6.07) is 10.5. The monoisotopic (exact) mass is 434 g/mol. The SMILES string of the molecule is CC1(C)OB(C(CCCCl)(Cc2ccccc2)B2OC(C)(C)C(C)(C)O2)OC1(C)C. The third kappa shape index (κ3) is 4.23. The summed E-state index contributed by atoms with van der Waals surface area (Å²) >= 11 is 6.18. The Morgan fingerprint density at radius 1 is 0.733 bits per heavy atom. The fourth-order valence-electron chi connectivity index (χ4n) is 4.13. The fourth-order valence-corrected chi connectivity index (χ4v) is 4.26. The summed E-state index contributed by atoms with van der Waals surface area (Å²) in [6.45, 7) is 16.7. The Hall–Kier alpha value is -0.520. The molecule has 7 heteroatoms. The van der Waals surface area contributed by atoms with Gasteiger partial charge in [0.15, 0.2) is 0 Å². The van der Waals surface area contributed by atoms with Crippen LogP contribution in [0.2, 0.25) is 5.21 Å². The van der Waals surface area contributed by atoms with Gasteiger partial charge in [-0.1, -0.05) is 30.3 Å². The van der Waals surface area contributed by atoms with E-state index in [9.17, 15) is 0 Å². The number of halogens is 1. The maximum atomic E-state index is 6.62. The van der Waals surface area contributed by atoms with Gasteiger partial charge in [0.1, 0.15) is 0 Å². The van der Waals surface area contributed by atoms with Gasteiger partial charge < -0.3 is 18.6 Å². The lowest BCUT2D eigenvalue weighted by molar-refractivity contribution is 0.00578. The summed E-state index contributed by atoms with van der Waals surface area (Å²) in [5, 5.41) is -0.535. The summed E-state index contributed by atoms with van der Waals surface area (Å²) in [4.78, 5) is 0. The van der Waals surface area contributed by atoms with Gasteiger partial charge in [-0.15, -0.1) is 11.6 Å². The normalized spacial score (nSPS) is 24.4. The molecule has 0 atom stereocenters. The third-order valence-corrected chi connectivity index (χ3v) is 7.86. The second-order valence-electron chi connectivity index (χ2n) is 10.9. The third-order valence-electron chi connectivity index (χ3n) is 7.60. The van der Waals surface area contributed by atoms with E-state index in [1.54, 1.807) is 0 Å². The first kappa shape index (κ1) is 24.1. The highest BCUT2D eigenvalue weighted by Crippen LogP contribution is 2.55. The van der Waals surface area contributed by atoms with E-state index in [0.717, 1.165) is 19.3 Å². The van der Waals surface area contributed by atoms with Crippen molar-refractivity contribution in [3.8, 4) is 0 Å². The number of hydrogen-bond donors (Lipinski definition) is 0. The Balaban J connectivity index is 2.08. The van der Waals surface area contributed by atoms with E-state index in [-0.39, 0.29) is 0 Å². The minimum atomic E-state index is -0.535. The van der Waals surface area contributed by atoms with E-state index in [4.69, 9.17) is 30.2 Å². The molecule has 2 heterocycles. The molecular weight excluding hydrogens is 397 g/mol. The maximum Gasteiger partial charge on any atom is 0.462 e. The topological polar surface area (TPSA) is 36.9 Å². The van der Waals surface area contributed by atoms with Crippen molar-refractivity contribution in [2.45, 2.75) is 102 Å². The Bertz CT molecular complexity index is 668. The molecule has 0 N–H and O–H groups in total. The molecule has 0 saturated carbocycles. The molecule has 166 valence electrons. The van der Waals surface area contributed by atoms with Gasteiger partial charge in [-0.05, 0) is 80.2 Å². The highest BCUT2D eigenvalue weighted by molar-refractivity contribution is 6.71. The van der Waals surface area contributed by atoms with Crippen LogP contribution in [0.5, 0.6) is 0 Å². The first-order valence-corrected chi connectivity index (χ1v) is 11.6. The first-order chi connectivity index (χ1) is 13.8. The van der Waals surface area contributed by atoms with Crippen LogP contribution in [0, 0.1) is 0 Å². The quantitative estimate of drug-likeness (QED) is 0.407. The summed E-state index contributed by atoms with van der Waals surface area (Å²) in [5.74, 6) is 0.565. The molecule has 2 aliphatic rings. The van der Waals surface area contributed by atoms with Crippen molar-refractivity contribution in [3.05, 3.63) is 35.9 Å². The van der Waals surface area contributed by atoms with Gasteiger partial charge in [0.2, 0.25) is 0 Å². The molecule has 0 amide bonds. The lowest BCUT2D eigenvalue weighted by Gasteiger charge is -2.37. The van der Waals surface area contributed by atoms with Crippen LogP contribution in [0.4, 0.5) is 0 Å². The molecule has 1 aromatic carbocycles. The molecule has 2 aliphatic heterocycles. The number of benzene rings is 1. The van der Waals surface area contributed by atoms with E-state index in [2.05, 4.69) is 79.7 Å². The number of alkyl halides is 1. The smallest absolute Gasteiger partial charge is 0.403 e. The number of hydrogen-bond acceptors (Lipinski definition) is 4. The van der Waals surface area contributed by atoms with Gasteiger partial charge >= 0.3 is 14.2 Å². The van der Waals surface area contributed by atoms with E-state index in [1.807, 2.05) is 6.07 Å². The van der Waals surface area contributed by atoms with Gasteiger partial charge in [0.05, 0.1) is 22.4 Å². The highest BCUT2D eigenvalue weighted by Gasteiger charge is 2.68. The molecule has 0 bridgehead atoms. The van der Waals surface area contributed by atoms with Crippen LogP contribution >= 0.6 is 11.6 Å². The zero-order chi connectivity index (χ0) is 22.4. The predicted molar refractivity (Wildman–Crippen MR) is 125 cm³/mol. The molecule has 2 fully saturated rings. The molecule has 0 aliphatic carbocycles. The van der Waals surface area contributed by atoms with Gasteiger partial charge in [-0.25, -0.2) is 0 Å². The minimum absolute atomic E-state index is 0.440. The lowest BCUT2D eigenvalue weighted by atomic mass is 9.35. The summed E-state index contributed by atoms with van der Waals surface area (Å²) < 4.78 is 26.5. The second kappa shape index (κ2) is 8.12. The van der Waals surface area contributed by atoms with E-state index >= 15 is 0 Å². The molecule has 3 rings (SSSR count). The van der Waals surface area contributed by atoms with Crippen LogP contribution in [0.25, 0.3) is 0 Å². The van der Waals surface area contributed by atoms with Crippen LogP contribution in [0.15, 0.2) is 30.3 Å². The van der Waals surface area contributed by atoms with Crippen LogP contribution in [0.1, 0.15) is 73.8 Å². The number of rotatable bonds is 7. The molecule has 0 unspecified atom stereocenters. The van der Waals surface area contributed by atoms with Gasteiger partial charge in [0.25, 0.3) is 0 Å². The van der Waals surface area contributed by atoms with Crippen molar-refractivity contribution in [1.82, 2.24) is 0 Å². The molecule has 30 heavy (non-hydrogen) atoms. The van der Waals surface area contributed by atoms with E-state index in [1.165, 1.54) is 5.56 Å². The molecule has 0 radical (unpaired) electrons. The van der Waals surface area contributed by atoms with Gasteiger partial charge in [-0.2, -0.15) is 0 Å².